The first-order chi connectivity index (χ1) is 14.7. The molecule has 3 aromatic rings. The van der Waals surface area contributed by atoms with Crippen molar-refractivity contribution in [1.29, 1.82) is 0 Å². The van der Waals surface area contributed by atoms with Crippen LogP contribution in [0.2, 0.25) is 0 Å². The number of aromatic nitrogens is 2. The van der Waals surface area contributed by atoms with Gasteiger partial charge in [-0.25, -0.2) is 4.98 Å². The van der Waals surface area contributed by atoms with Crippen LogP contribution in [0.25, 0.3) is 22.4 Å². The molecule has 6 nitrogen and oxygen atoms in total. The van der Waals surface area contributed by atoms with Crippen molar-refractivity contribution >= 4 is 22.6 Å². The first-order valence-electron chi connectivity index (χ1n) is 11.0. The van der Waals surface area contributed by atoms with E-state index in [4.69, 9.17) is 4.98 Å². The Kier molecular flexibility index (Phi) is 5.17. The number of fused-ring (bicyclic) bond motifs is 1. The highest BCUT2D eigenvalue weighted by Gasteiger charge is 2.30. The van der Waals surface area contributed by atoms with Crippen molar-refractivity contribution in [2.75, 3.05) is 44.2 Å². The van der Waals surface area contributed by atoms with E-state index in [-0.39, 0.29) is 5.92 Å². The van der Waals surface area contributed by atoms with E-state index < -0.39 is 0 Å². The van der Waals surface area contributed by atoms with E-state index in [1.54, 1.807) is 0 Å². The van der Waals surface area contributed by atoms with Crippen LogP contribution in [0.3, 0.4) is 0 Å². The van der Waals surface area contributed by atoms with Crippen LogP contribution in [0.15, 0.2) is 48.5 Å². The predicted molar refractivity (Wildman–Crippen MR) is 121 cm³/mol. The van der Waals surface area contributed by atoms with Gasteiger partial charge in [-0.15, -0.1) is 0 Å². The van der Waals surface area contributed by atoms with Crippen molar-refractivity contribution in [3.63, 3.8) is 0 Å². The number of imidazole rings is 1. The van der Waals surface area contributed by atoms with Gasteiger partial charge in [-0.1, -0.05) is 24.3 Å². The first kappa shape index (κ1) is 19.1. The van der Waals surface area contributed by atoms with E-state index in [0.29, 0.717) is 5.91 Å². The van der Waals surface area contributed by atoms with Gasteiger partial charge in [-0.3, -0.25) is 4.79 Å². The van der Waals surface area contributed by atoms with Crippen molar-refractivity contribution in [3.8, 4) is 11.4 Å². The standard InChI is InChI=1S/C24H29N5O/c1-27-22-10-3-2-9-21(22)26-23(27)18-6-4-8-20(16-18)29-13-5-7-19(17-29)24(30)28-14-11-25-12-15-28/h2-4,6,8-10,16,19,25H,5,7,11-15,17H2,1H3/t19-/m1/s1. The Morgan fingerprint density at radius 3 is 2.73 bits per heavy atom. The zero-order valence-electron chi connectivity index (χ0n) is 17.6. The minimum Gasteiger partial charge on any atom is -0.371 e. The minimum atomic E-state index is 0.0938. The number of hydrogen-bond acceptors (Lipinski definition) is 4. The second-order valence-electron chi connectivity index (χ2n) is 8.39. The van der Waals surface area contributed by atoms with E-state index in [1.165, 1.54) is 5.69 Å². The molecule has 2 fully saturated rings. The fourth-order valence-corrected chi connectivity index (χ4v) is 4.80. The Labute approximate surface area is 177 Å². The van der Waals surface area contributed by atoms with Gasteiger partial charge in [0, 0.05) is 57.6 Å². The number of amides is 1. The third-order valence-corrected chi connectivity index (χ3v) is 6.46. The Morgan fingerprint density at radius 1 is 1.07 bits per heavy atom. The number of hydrogen-bond donors (Lipinski definition) is 1. The zero-order valence-corrected chi connectivity index (χ0v) is 17.6. The molecular formula is C24H29N5O. The Bertz CT molecular complexity index is 1050. The van der Waals surface area contributed by atoms with Crippen LogP contribution in [-0.4, -0.2) is 59.6 Å². The van der Waals surface area contributed by atoms with Gasteiger partial charge in [0.1, 0.15) is 5.82 Å². The average Bonchev–Trinajstić information content (AvgIpc) is 3.16. The molecule has 30 heavy (non-hydrogen) atoms. The lowest BCUT2D eigenvalue weighted by Gasteiger charge is -2.37. The van der Waals surface area contributed by atoms with Crippen molar-refractivity contribution in [2.45, 2.75) is 12.8 Å². The molecular weight excluding hydrogens is 374 g/mol. The van der Waals surface area contributed by atoms with Crippen LogP contribution >= 0.6 is 0 Å². The van der Waals surface area contributed by atoms with Crippen LogP contribution in [0.5, 0.6) is 0 Å². The molecule has 2 saturated heterocycles. The minimum absolute atomic E-state index is 0.0938. The third-order valence-electron chi connectivity index (χ3n) is 6.46. The molecule has 0 bridgehead atoms. The van der Waals surface area contributed by atoms with Gasteiger partial charge >= 0.3 is 0 Å². The second-order valence-corrected chi connectivity index (χ2v) is 8.39. The average molecular weight is 404 g/mol. The number of benzene rings is 2. The van der Waals surface area contributed by atoms with Crippen LogP contribution < -0.4 is 10.2 Å². The molecule has 6 heteroatoms. The molecule has 2 aliphatic heterocycles. The molecule has 1 N–H and O–H groups in total. The monoisotopic (exact) mass is 403 g/mol. The molecule has 1 amide bonds. The van der Waals surface area contributed by atoms with E-state index >= 15 is 0 Å². The molecule has 0 saturated carbocycles. The summed E-state index contributed by atoms with van der Waals surface area (Å²) in [6.07, 6.45) is 2.04. The van der Waals surface area contributed by atoms with Crippen molar-refractivity contribution < 1.29 is 4.79 Å². The topological polar surface area (TPSA) is 53.4 Å². The van der Waals surface area contributed by atoms with Gasteiger partial charge in [0.2, 0.25) is 5.91 Å². The summed E-state index contributed by atoms with van der Waals surface area (Å²) in [5, 5.41) is 3.33. The van der Waals surface area contributed by atoms with Gasteiger partial charge in [0.25, 0.3) is 0 Å². The van der Waals surface area contributed by atoms with Gasteiger partial charge in [-0.2, -0.15) is 0 Å². The number of piperazine rings is 1. The van der Waals surface area contributed by atoms with Crippen molar-refractivity contribution in [3.05, 3.63) is 48.5 Å². The molecule has 3 heterocycles. The predicted octanol–water partition coefficient (Wildman–Crippen LogP) is 2.89. The van der Waals surface area contributed by atoms with Gasteiger partial charge < -0.3 is 19.7 Å². The van der Waals surface area contributed by atoms with E-state index in [1.807, 2.05) is 17.0 Å². The summed E-state index contributed by atoms with van der Waals surface area (Å²) >= 11 is 0. The summed E-state index contributed by atoms with van der Waals surface area (Å²) in [5.74, 6) is 1.40. The van der Waals surface area contributed by atoms with E-state index in [0.717, 1.165) is 74.5 Å². The van der Waals surface area contributed by atoms with Crippen LogP contribution in [0.1, 0.15) is 12.8 Å². The fourth-order valence-electron chi connectivity index (χ4n) is 4.80. The molecule has 0 spiro atoms. The molecule has 2 aromatic carbocycles. The number of para-hydroxylation sites is 2. The van der Waals surface area contributed by atoms with Crippen LogP contribution in [0, 0.1) is 5.92 Å². The first-order valence-corrected chi connectivity index (χ1v) is 11.0. The smallest absolute Gasteiger partial charge is 0.227 e. The Morgan fingerprint density at radius 2 is 1.90 bits per heavy atom. The molecule has 0 aliphatic carbocycles. The number of nitrogens with one attached hydrogen (secondary N) is 1. The maximum absolute atomic E-state index is 13.0. The Hall–Kier alpha value is -2.86. The number of carbonyl (C=O) groups is 1. The number of nitrogens with zero attached hydrogens (tertiary/aromatic N) is 4. The van der Waals surface area contributed by atoms with Crippen molar-refractivity contribution in [1.82, 2.24) is 19.8 Å². The summed E-state index contributed by atoms with van der Waals surface area (Å²) in [6, 6.07) is 16.8. The Balaban J connectivity index is 1.38. The summed E-state index contributed by atoms with van der Waals surface area (Å²) in [7, 11) is 2.07. The molecule has 2 aliphatic rings. The molecule has 1 aromatic heterocycles. The lowest BCUT2D eigenvalue weighted by Crippen LogP contribution is -2.51. The molecule has 0 unspecified atom stereocenters. The number of aryl methyl sites for hydroxylation is 1. The summed E-state index contributed by atoms with van der Waals surface area (Å²) in [6.45, 7) is 5.27. The summed E-state index contributed by atoms with van der Waals surface area (Å²) < 4.78 is 2.15. The maximum atomic E-state index is 13.0. The highest BCUT2D eigenvalue weighted by molar-refractivity contribution is 5.82. The number of anilines is 1. The zero-order chi connectivity index (χ0) is 20.5. The second kappa shape index (κ2) is 8.11. The number of piperidine rings is 1. The van der Waals surface area contributed by atoms with E-state index in [2.05, 4.69) is 58.2 Å². The normalized spacial score (nSPS) is 20.0. The summed E-state index contributed by atoms with van der Waals surface area (Å²) in [5.41, 5.74) is 4.44. The quantitative estimate of drug-likeness (QED) is 0.731. The lowest BCUT2D eigenvalue weighted by atomic mass is 9.95. The molecule has 1 atom stereocenters. The van der Waals surface area contributed by atoms with Gasteiger partial charge in [-0.05, 0) is 37.1 Å². The lowest BCUT2D eigenvalue weighted by molar-refractivity contribution is -0.136. The van der Waals surface area contributed by atoms with Gasteiger partial charge in [0.05, 0.1) is 17.0 Å². The number of carbonyl (C=O) groups excluding carboxylic acids is 1. The SMILES string of the molecule is Cn1c(-c2cccc(N3CCC[C@@H](C(=O)N4CCNCC4)C3)c2)nc2ccccc21. The summed E-state index contributed by atoms with van der Waals surface area (Å²) in [4.78, 5) is 22.3. The van der Waals surface area contributed by atoms with Crippen molar-refractivity contribution in [2.24, 2.45) is 13.0 Å². The number of rotatable bonds is 3. The van der Waals surface area contributed by atoms with Crippen LogP contribution in [0.4, 0.5) is 5.69 Å². The third kappa shape index (κ3) is 3.56. The van der Waals surface area contributed by atoms with E-state index in [9.17, 15) is 4.79 Å². The largest absolute Gasteiger partial charge is 0.371 e. The highest BCUT2D eigenvalue weighted by atomic mass is 16.2. The van der Waals surface area contributed by atoms with Gasteiger partial charge in [0.15, 0.2) is 0 Å². The maximum Gasteiger partial charge on any atom is 0.227 e. The molecule has 156 valence electrons. The molecule has 5 rings (SSSR count). The fraction of sp³-hybridized carbons (Fsp3) is 0.417. The van der Waals surface area contributed by atoms with Crippen LogP contribution in [-0.2, 0) is 11.8 Å². The molecule has 0 radical (unpaired) electrons. The highest BCUT2D eigenvalue weighted by Crippen LogP contribution is 2.30.